The molecule has 0 N–H and O–H groups in total. The maximum absolute atomic E-state index is 12.1. The lowest BCUT2D eigenvalue weighted by molar-refractivity contribution is 0.494. The first kappa shape index (κ1) is 15.6. The van der Waals surface area contributed by atoms with E-state index in [-0.39, 0.29) is 12.4 Å². The molecule has 6 nitrogen and oxygen atoms in total. The van der Waals surface area contributed by atoms with E-state index in [1.165, 1.54) is 22.1 Å². The minimum absolute atomic E-state index is 0.137. The fraction of sp³-hybridized carbons (Fsp3) is 0.167. The van der Waals surface area contributed by atoms with E-state index in [0.29, 0.717) is 11.1 Å². The quantitative estimate of drug-likeness (QED) is 0.527. The van der Waals surface area contributed by atoms with E-state index in [9.17, 15) is 9.59 Å². The molecule has 4 rings (SSSR count). The molecule has 0 saturated carbocycles. The second-order valence-electron chi connectivity index (χ2n) is 5.78. The predicted octanol–water partition coefficient (Wildman–Crippen LogP) is 3.34. The molecule has 25 heavy (non-hydrogen) atoms. The SMILES string of the molecule is Cc1ccc2c(Cn3nc(-c4cccs4)oc3=O)cc(=O)oc2c1C. The minimum Gasteiger partial charge on any atom is -0.422 e. The molecule has 0 aliphatic carbocycles. The molecule has 0 aliphatic rings. The van der Waals surface area contributed by atoms with E-state index in [4.69, 9.17) is 8.83 Å². The molecule has 126 valence electrons. The zero-order valence-corrected chi connectivity index (χ0v) is 14.4. The summed E-state index contributed by atoms with van der Waals surface area (Å²) in [7, 11) is 0. The fourth-order valence-corrected chi connectivity index (χ4v) is 3.37. The zero-order valence-electron chi connectivity index (χ0n) is 13.6. The second kappa shape index (κ2) is 5.86. The monoisotopic (exact) mass is 354 g/mol. The highest BCUT2D eigenvalue weighted by atomic mass is 32.1. The number of fused-ring (bicyclic) bond motifs is 1. The van der Waals surface area contributed by atoms with Crippen LogP contribution in [0.1, 0.15) is 16.7 Å². The largest absolute Gasteiger partial charge is 0.437 e. The summed E-state index contributed by atoms with van der Waals surface area (Å²) >= 11 is 1.44. The van der Waals surface area contributed by atoms with Crippen molar-refractivity contribution >= 4 is 22.3 Å². The third-order valence-corrected chi connectivity index (χ3v) is 5.03. The Hall–Kier alpha value is -2.93. The highest BCUT2D eigenvalue weighted by molar-refractivity contribution is 7.13. The summed E-state index contributed by atoms with van der Waals surface area (Å²) in [5.74, 6) is -0.284. The van der Waals surface area contributed by atoms with E-state index < -0.39 is 11.4 Å². The number of aryl methyl sites for hydroxylation is 2. The van der Waals surface area contributed by atoms with Crippen LogP contribution in [0.2, 0.25) is 0 Å². The number of benzene rings is 1. The first-order chi connectivity index (χ1) is 12.0. The molecule has 0 aliphatic heterocycles. The van der Waals surface area contributed by atoms with Gasteiger partial charge in [-0.25, -0.2) is 9.59 Å². The summed E-state index contributed by atoms with van der Waals surface area (Å²) in [5.41, 5.74) is 2.70. The van der Waals surface area contributed by atoms with E-state index in [1.54, 1.807) is 0 Å². The van der Waals surface area contributed by atoms with Crippen molar-refractivity contribution in [2.24, 2.45) is 0 Å². The molecule has 0 bridgehead atoms. The van der Waals surface area contributed by atoms with Gasteiger partial charge in [0, 0.05) is 11.5 Å². The Kier molecular flexibility index (Phi) is 3.65. The third-order valence-electron chi connectivity index (χ3n) is 4.18. The maximum atomic E-state index is 12.1. The molecular formula is C18H14N2O4S. The smallest absolute Gasteiger partial charge is 0.422 e. The molecule has 0 unspecified atom stereocenters. The van der Waals surface area contributed by atoms with Crippen LogP contribution in [0.25, 0.3) is 21.7 Å². The first-order valence-corrected chi connectivity index (χ1v) is 8.55. The zero-order chi connectivity index (χ0) is 17.6. The van der Waals surface area contributed by atoms with Gasteiger partial charge in [-0.05, 0) is 42.0 Å². The maximum Gasteiger partial charge on any atom is 0.437 e. The van der Waals surface area contributed by atoms with Gasteiger partial charge in [-0.15, -0.1) is 16.4 Å². The molecule has 0 spiro atoms. The number of thiophene rings is 1. The van der Waals surface area contributed by atoms with E-state index in [0.717, 1.165) is 21.4 Å². The summed E-state index contributed by atoms with van der Waals surface area (Å²) < 4.78 is 11.8. The average Bonchev–Trinajstić information content (AvgIpc) is 3.22. The number of rotatable bonds is 3. The summed E-state index contributed by atoms with van der Waals surface area (Å²) in [4.78, 5) is 24.8. The van der Waals surface area contributed by atoms with Gasteiger partial charge in [0.25, 0.3) is 5.89 Å². The highest BCUT2D eigenvalue weighted by Crippen LogP contribution is 2.24. The van der Waals surface area contributed by atoms with Crippen molar-refractivity contribution in [2.45, 2.75) is 20.4 Å². The lowest BCUT2D eigenvalue weighted by Gasteiger charge is -2.08. The van der Waals surface area contributed by atoms with E-state index in [1.807, 2.05) is 43.5 Å². The summed E-state index contributed by atoms with van der Waals surface area (Å²) in [5, 5.41) is 6.91. The van der Waals surface area contributed by atoms with E-state index >= 15 is 0 Å². The summed E-state index contributed by atoms with van der Waals surface area (Å²) in [6, 6.07) is 8.94. The molecule has 0 fully saturated rings. The Labute approximate surface area is 146 Å². The average molecular weight is 354 g/mol. The van der Waals surface area contributed by atoms with Gasteiger partial charge in [0.2, 0.25) is 0 Å². The van der Waals surface area contributed by atoms with Crippen molar-refractivity contribution in [1.82, 2.24) is 9.78 Å². The van der Waals surface area contributed by atoms with Crippen LogP contribution >= 0.6 is 11.3 Å². The number of hydrogen-bond donors (Lipinski definition) is 0. The fourth-order valence-electron chi connectivity index (χ4n) is 2.72. The van der Waals surface area contributed by atoms with Crippen molar-refractivity contribution in [2.75, 3.05) is 0 Å². The standard InChI is InChI=1S/C18H14N2O4S/c1-10-5-6-13-12(8-15(21)23-16(13)11(10)2)9-20-18(22)24-17(19-20)14-4-3-7-25-14/h3-8H,9H2,1-2H3. The number of aromatic nitrogens is 2. The highest BCUT2D eigenvalue weighted by Gasteiger charge is 2.15. The van der Waals surface area contributed by atoms with Crippen LogP contribution in [0.4, 0.5) is 0 Å². The minimum atomic E-state index is -0.561. The Morgan fingerprint density at radius 3 is 2.76 bits per heavy atom. The van der Waals surface area contributed by atoms with Crippen LogP contribution in [0.3, 0.4) is 0 Å². The molecule has 4 aromatic rings. The molecule has 0 radical (unpaired) electrons. The van der Waals surface area contributed by atoms with Gasteiger partial charge >= 0.3 is 11.4 Å². The Bertz CT molecular complexity index is 1180. The van der Waals surface area contributed by atoms with Crippen LogP contribution in [-0.4, -0.2) is 9.78 Å². The normalized spacial score (nSPS) is 11.3. The lowest BCUT2D eigenvalue weighted by Crippen LogP contribution is -2.18. The van der Waals surface area contributed by atoms with Gasteiger partial charge in [-0.3, -0.25) is 0 Å². The van der Waals surface area contributed by atoms with Gasteiger partial charge in [0.05, 0.1) is 11.4 Å². The topological polar surface area (TPSA) is 78.2 Å². The third kappa shape index (κ3) is 2.72. The molecule has 3 heterocycles. The first-order valence-electron chi connectivity index (χ1n) is 7.67. The molecule has 0 atom stereocenters. The van der Waals surface area contributed by atoms with Crippen molar-refractivity contribution < 1.29 is 8.83 Å². The summed E-state index contributed by atoms with van der Waals surface area (Å²) in [6.07, 6.45) is 0. The van der Waals surface area contributed by atoms with E-state index in [2.05, 4.69) is 5.10 Å². The van der Waals surface area contributed by atoms with Crippen molar-refractivity contribution in [3.05, 3.63) is 73.4 Å². The molecule has 1 aromatic carbocycles. The summed E-state index contributed by atoms with van der Waals surface area (Å²) in [6.45, 7) is 4.00. The van der Waals surface area contributed by atoms with Gasteiger partial charge in [-0.1, -0.05) is 18.2 Å². The van der Waals surface area contributed by atoms with Crippen LogP contribution in [-0.2, 0) is 6.54 Å². The van der Waals surface area contributed by atoms with Crippen molar-refractivity contribution in [1.29, 1.82) is 0 Å². The molecule has 0 saturated heterocycles. The predicted molar refractivity (Wildman–Crippen MR) is 95.1 cm³/mol. The Balaban J connectivity index is 1.83. The number of nitrogens with zero attached hydrogens (tertiary/aromatic N) is 2. The van der Waals surface area contributed by atoms with Crippen LogP contribution < -0.4 is 11.4 Å². The van der Waals surface area contributed by atoms with Crippen LogP contribution in [0.5, 0.6) is 0 Å². The molecule has 7 heteroatoms. The van der Waals surface area contributed by atoms with Crippen LogP contribution in [0.15, 0.2) is 54.1 Å². The molecular weight excluding hydrogens is 340 g/mol. The van der Waals surface area contributed by atoms with Crippen molar-refractivity contribution in [3.63, 3.8) is 0 Å². The van der Waals surface area contributed by atoms with Gasteiger partial charge in [-0.2, -0.15) is 4.68 Å². The second-order valence-corrected chi connectivity index (χ2v) is 6.73. The number of hydrogen-bond acceptors (Lipinski definition) is 6. The van der Waals surface area contributed by atoms with Crippen LogP contribution in [0, 0.1) is 13.8 Å². The molecule has 0 amide bonds. The Morgan fingerprint density at radius 2 is 2.00 bits per heavy atom. The van der Waals surface area contributed by atoms with Gasteiger partial charge < -0.3 is 8.83 Å². The molecule has 3 aromatic heterocycles. The van der Waals surface area contributed by atoms with Gasteiger partial charge in [0.15, 0.2) is 0 Å². The van der Waals surface area contributed by atoms with Crippen molar-refractivity contribution in [3.8, 4) is 10.8 Å². The van der Waals surface area contributed by atoms with Gasteiger partial charge in [0.1, 0.15) is 5.58 Å². The lowest BCUT2D eigenvalue weighted by atomic mass is 10.0. The Morgan fingerprint density at radius 1 is 1.16 bits per heavy atom.